The Morgan fingerprint density at radius 3 is 2.91 bits per heavy atom. The lowest BCUT2D eigenvalue weighted by Crippen LogP contribution is -2.03. The average Bonchev–Trinajstić information content (AvgIpc) is 2.50. The van der Waals surface area contributed by atoms with E-state index in [4.69, 9.17) is 11.6 Å². The quantitative estimate of drug-likeness (QED) is 0.641. The predicted molar refractivity (Wildman–Crippen MR) is 46.8 cm³/mol. The number of hydrogen-bond acceptors (Lipinski definition) is 1. The highest BCUT2D eigenvalue weighted by atomic mass is 35.5. The van der Waals surface area contributed by atoms with Gasteiger partial charge >= 0.3 is 0 Å². The van der Waals surface area contributed by atoms with Crippen molar-refractivity contribution >= 4 is 11.6 Å². The summed E-state index contributed by atoms with van der Waals surface area (Å²) in [6.07, 6.45) is 4.92. The minimum absolute atomic E-state index is 0.479. The van der Waals surface area contributed by atoms with Crippen LogP contribution in [-0.2, 0) is 5.88 Å². The Morgan fingerprint density at radius 2 is 2.45 bits per heavy atom. The van der Waals surface area contributed by atoms with Crippen molar-refractivity contribution < 1.29 is 0 Å². The lowest BCUT2D eigenvalue weighted by Gasteiger charge is -2.07. The van der Waals surface area contributed by atoms with Gasteiger partial charge in [-0.05, 0) is 13.3 Å². The summed E-state index contributed by atoms with van der Waals surface area (Å²) in [4.78, 5) is 0. The molecule has 0 saturated carbocycles. The summed E-state index contributed by atoms with van der Waals surface area (Å²) in [7, 11) is 0. The first kappa shape index (κ1) is 8.60. The molecular formula is C8H13ClN2. The zero-order chi connectivity index (χ0) is 8.27. The zero-order valence-corrected chi connectivity index (χ0v) is 7.67. The first-order chi connectivity index (χ1) is 5.27. The summed E-state index contributed by atoms with van der Waals surface area (Å²) in [6.45, 7) is 4.29. The fraction of sp³-hybridized carbons (Fsp3) is 0.625. The molecule has 0 amide bonds. The van der Waals surface area contributed by atoms with Crippen molar-refractivity contribution in [1.82, 2.24) is 9.78 Å². The van der Waals surface area contributed by atoms with E-state index >= 15 is 0 Å². The van der Waals surface area contributed by atoms with Crippen molar-refractivity contribution in [1.29, 1.82) is 0 Å². The molecule has 0 aliphatic carbocycles. The molecule has 2 nitrogen and oxygen atoms in total. The van der Waals surface area contributed by atoms with Crippen molar-refractivity contribution in [2.75, 3.05) is 0 Å². The molecule has 3 heteroatoms. The van der Waals surface area contributed by atoms with Gasteiger partial charge in [0.05, 0.1) is 12.1 Å². The Labute approximate surface area is 72.2 Å². The third kappa shape index (κ3) is 1.96. The van der Waals surface area contributed by atoms with E-state index in [2.05, 4.69) is 18.9 Å². The van der Waals surface area contributed by atoms with E-state index in [-0.39, 0.29) is 0 Å². The van der Waals surface area contributed by atoms with Gasteiger partial charge in [0.1, 0.15) is 0 Å². The van der Waals surface area contributed by atoms with Crippen molar-refractivity contribution in [3.63, 3.8) is 0 Å². The molecule has 1 rings (SSSR count). The molecule has 0 radical (unpaired) electrons. The molecule has 1 heterocycles. The molecule has 0 fully saturated rings. The second kappa shape index (κ2) is 3.77. The molecule has 0 spiro atoms. The Hall–Kier alpha value is -0.500. The lowest BCUT2D eigenvalue weighted by atomic mass is 10.3. The summed E-state index contributed by atoms with van der Waals surface area (Å²) < 4.78 is 1.96. The molecule has 11 heavy (non-hydrogen) atoms. The number of nitrogens with zero attached hydrogens (tertiary/aromatic N) is 2. The fourth-order valence-electron chi connectivity index (χ4n) is 0.875. The second-order valence-electron chi connectivity index (χ2n) is 2.72. The maximum absolute atomic E-state index is 5.63. The number of hydrogen-bond donors (Lipinski definition) is 0. The summed E-state index contributed by atoms with van der Waals surface area (Å²) in [6, 6.07) is 0.479. The molecule has 62 valence electrons. The van der Waals surface area contributed by atoms with Crippen LogP contribution in [0.2, 0.25) is 0 Å². The van der Waals surface area contributed by atoms with Gasteiger partial charge in [-0.3, -0.25) is 4.68 Å². The van der Waals surface area contributed by atoms with E-state index in [1.165, 1.54) is 0 Å². The van der Waals surface area contributed by atoms with Crippen LogP contribution in [0.1, 0.15) is 31.9 Å². The van der Waals surface area contributed by atoms with Gasteiger partial charge in [0.2, 0.25) is 0 Å². The second-order valence-corrected chi connectivity index (χ2v) is 2.99. The highest BCUT2D eigenvalue weighted by Gasteiger charge is 2.02. The Morgan fingerprint density at radius 1 is 1.73 bits per heavy atom. The molecule has 0 saturated heterocycles. The van der Waals surface area contributed by atoms with Gasteiger partial charge in [0.15, 0.2) is 0 Å². The van der Waals surface area contributed by atoms with Gasteiger partial charge in [0.25, 0.3) is 0 Å². The van der Waals surface area contributed by atoms with Crippen LogP contribution in [0.15, 0.2) is 12.4 Å². The van der Waals surface area contributed by atoms with E-state index < -0.39 is 0 Å². The maximum Gasteiger partial charge on any atom is 0.0534 e. The molecule has 0 aromatic carbocycles. The molecule has 0 aliphatic rings. The van der Waals surface area contributed by atoms with Crippen LogP contribution in [0.5, 0.6) is 0 Å². The molecule has 1 atom stereocenters. The van der Waals surface area contributed by atoms with Crippen LogP contribution in [-0.4, -0.2) is 9.78 Å². The van der Waals surface area contributed by atoms with Crippen LogP contribution >= 0.6 is 11.6 Å². The van der Waals surface area contributed by atoms with Gasteiger partial charge in [-0.2, -0.15) is 5.10 Å². The fourth-order valence-corrected chi connectivity index (χ4v) is 1.01. The standard InChI is InChI=1S/C8H13ClN2/c1-3-7(2)11-6-8(4-9)5-10-11/h5-7H,3-4H2,1-2H3. The molecular weight excluding hydrogens is 160 g/mol. The van der Waals surface area contributed by atoms with Gasteiger partial charge in [-0.15, -0.1) is 11.6 Å². The van der Waals surface area contributed by atoms with Gasteiger partial charge in [-0.1, -0.05) is 6.92 Å². The van der Waals surface area contributed by atoms with E-state index in [0.717, 1.165) is 12.0 Å². The van der Waals surface area contributed by atoms with Crippen molar-refractivity contribution in [2.24, 2.45) is 0 Å². The number of halogens is 1. The monoisotopic (exact) mass is 172 g/mol. The minimum Gasteiger partial charge on any atom is -0.270 e. The van der Waals surface area contributed by atoms with E-state index in [1.807, 2.05) is 17.1 Å². The van der Waals surface area contributed by atoms with Crippen LogP contribution in [0, 0.1) is 0 Å². The van der Waals surface area contributed by atoms with Crippen molar-refractivity contribution in [3.8, 4) is 0 Å². The summed E-state index contributed by atoms with van der Waals surface area (Å²) in [5, 5.41) is 4.19. The molecule has 0 aliphatic heterocycles. The van der Waals surface area contributed by atoms with Crippen LogP contribution in [0.3, 0.4) is 0 Å². The number of rotatable bonds is 3. The summed E-state index contributed by atoms with van der Waals surface area (Å²) in [5.74, 6) is 0.552. The van der Waals surface area contributed by atoms with E-state index in [1.54, 1.807) is 0 Å². The van der Waals surface area contributed by atoms with E-state index in [9.17, 15) is 0 Å². The highest BCUT2D eigenvalue weighted by Crippen LogP contribution is 2.10. The minimum atomic E-state index is 0.479. The topological polar surface area (TPSA) is 17.8 Å². The summed E-state index contributed by atoms with van der Waals surface area (Å²) >= 11 is 5.63. The third-order valence-electron chi connectivity index (χ3n) is 1.85. The summed E-state index contributed by atoms with van der Waals surface area (Å²) in [5.41, 5.74) is 1.09. The van der Waals surface area contributed by atoms with Gasteiger partial charge in [0, 0.05) is 17.8 Å². The molecule has 1 aromatic rings. The molecule has 0 bridgehead atoms. The average molecular weight is 173 g/mol. The van der Waals surface area contributed by atoms with Crippen LogP contribution in [0.25, 0.3) is 0 Å². The first-order valence-corrected chi connectivity index (χ1v) is 4.40. The van der Waals surface area contributed by atoms with Crippen molar-refractivity contribution in [3.05, 3.63) is 18.0 Å². The van der Waals surface area contributed by atoms with Gasteiger partial charge in [-0.25, -0.2) is 0 Å². The third-order valence-corrected chi connectivity index (χ3v) is 2.16. The highest BCUT2D eigenvalue weighted by molar-refractivity contribution is 6.17. The molecule has 0 N–H and O–H groups in total. The zero-order valence-electron chi connectivity index (χ0n) is 6.92. The number of alkyl halides is 1. The van der Waals surface area contributed by atoms with Crippen LogP contribution < -0.4 is 0 Å². The Bertz CT molecular complexity index is 220. The van der Waals surface area contributed by atoms with E-state index in [0.29, 0.717) is 11.9 Å². The van der Waals surface area contributed by atoms with Crippen LogP contribution in [0.4, 0.5) is 0 Å². The SMILES string of the molecule is CCC(C)n1cc(CCl)cn1. The molecule has 1 aromatic heterocycles. The maximum atomic E-state index is 5.63. The Kier molecular flexibility index (Phi) is 2.94. The first-order valence-electron chi connectivity index (χ1n) is 3.87. The predicted octanol–water partition coefficient (Wildman–Crippen LogP) is 2.59. The lowest BCUT2D eigenvalue weighted by molar-refractivity contribution is 0.477. The normalized spacial score (nSPS) is 13.4. The Balaban J connectivity index is 2.71. The van der Waals surface area contributed by atoms with Gasteiger partial charge < -0.3 is 0 Å². The molecule has 1 unspecified atom stereocenters. The van der Waals surface area contributed by atoms with Crippen molar-refractivity contribution in [2.45, 2.75) is 32.2 Å². The number of aromatic nitrogens is 2. The largest absolute Gasteiger partial charge is 0.270 e. The smallest absolute Gasteiger partial charge is 0.0534 e.